The minimum Gasteiger partial charge on any atom is -0.367 e. The maximum Gasteiger partial charge on any atom is 0.0596 e. The van der Waals surface area contributed by atoms with E-state index in [2.05, 4.69) is 25.8 Å². The molecule has 0 fully saturated rings. The van der Waals surface area contributed by atoms with Crippen LogP contribution in [0.4, 0.5) is 0 Å². The molecule has 0 aliphatic carbocycles. The number of hydrogen-bond acceptors (Lipinski definition) is 0. The molecule has 0 aromatic carbocycles. The zero-order chi connectivity index (χ0) is 7.02. The molecule has 0 saturated heterocycles. The average Bonchev–Trinajstić information content (AvgIpc) is 1.98. The summed E-state index contributed by atoms with van der Waals surface area (Å²) >= 11 is 0. The lowest BCUT2D eigenvalue weighted by Gasteiger charge is -1.88. The Morgan fingerprint density at radius 2 is 1.67 bits per heavy atom. The molecule has 0 atom stereocenters. The molecule has 1 rings (SSSR count). The van der Waals surface area contributed by atoms with Crippen molar-refractivity contribution in [1.29, 1.82) is 0 Å². The van der Waals surface area contributed by atoms with Crippen LogP contribution in [-0.4, -0.2) is 15.2 Å². The van der Waals surface area contributed by atoms with Crippen molar-refractivity contribution in [1.82, 2.24) is 4.98 Å². The zero-order valence-electron chi connectivity index (χ0n) is 6.50. The summed E-state index contributed by atoms with van der Waals surface area (Å²) in [6.45, 7) is 6.48. The van der Waals surface area contributed by atoms with Gasteiger partial charge in [0, 0.05) is 5.69 Å². The fourth-order valence-electron chi connectivity index (χ4n) is 1.03. The zero-order valence-corrected chi connectivity index (χ0v) is 8.50. The molecule has 1 N–H and O–H groups in total. The molecule has 0 spiro atoms. The molecule has 1 nitrogen and oxygen atoms in total. The summed E-state index contributed by atoms with van der Waals surface area (Å²) < 4.78 is 0. The molecule has 0 aliphatic heterocycles. The van der Waals surface area contributed by atoms with Crippen molar-refractivity contribution < 1.29 is 0 Å². The second-order valence-electron chi connectivity index (χ2n) is 2.62. The molecule has 2 heteroatoms. The van der Waals surface area contributed by atoms with Gasteiger partial charge in [0.15, 0.2) is 0 Å². The van der Waals surface area contributed by atoms with Crippen molar-refractivity contribution in [2.24, 2.45) is 0 Å². The fraction of sp³-hybridized carbons (Fsp3) is 0.429. The van der Waals surface area contributed by atoms with E-state index in [9.17, 15) is 0 Å². The van der Waals surface area contributed by atoms with Crippen LogP contribution in [0.3, 0.4) is 0 Å². The van der Waals surface area contributed by atoms with Crippen LogP contribution in [0.5, 0.6) is 0 Å². The minimum absolute atomic E-state index is 1.14. The normalized spacial score (nSPS) is 10.6. The van der Waals surface area contributed by atoms with Crippen LogP contribution in [0.2, 0.25) is 0 Å². The van der Waals surface area contributed by atoms with Crippen LogP contribution >= 0.6 is 0 Å². The number of rotatable bonds is 0. The molecule has 0 saturated carbocycles. The van der Waals surface area contributed by atoms with E-state index < -0.39 is 0 Å². The molecule has 1 aromatic heterocycles. The first-order chi connectivity index (χ1) is 4.13. The SMILES string of the molecule is Cc1[nH]c([SiH3])c(C)c1C. The Kier molecular flexibility index (Phi) is 1.49. The van der Waals surface area contributed by atoms with Crippen molar-refractivity contribution in [3.63, 3.8) is 0 Å². The summed E-state index contributed by atoms with van der Waals surface area (Å²) in [5, 5.41) is 1.44. The summed E-state index contributed by atoms with van der Waals surface area (Å²) in [5.74, 6) is 0. The topological polar surface area (TPSA) is 15.8 Å². The molecule has 1 heterocycles. The number of aromatic amines is 1. The summed E-state index contributed by atoms with van der Waals surface area (Å²) in [6.07, 6.45) is 0. The summed E-state index contributed by atoms with van der Waals surface area (Å²) in [6, 6.07) is 0. The summed E-state index contributed by atoms with van der Waals surface area (Å²) in [7, 11) is 1.14. The molecule has 1 aromatic rings. The third-order valence-electron chi connectivity index (χ3n) is 2.06. The van der Waals surface area contributed by atoms with Crippen LogP contribution < -0.4 is 5.32 Å². The first kappa shape index (κ1) is 6.61. The van der Waals surface area contributed by atoms with Gasteiger partial charge in [-0.05, 0) is 37.2 Å². The Bertz CT molecular complexity index is 203. The van der Waals surface area contributed by atoms with Crippen molar-refractivity contribution in [2.45, 2.75) is 20.8 Å². The lowest BCUT2D eigenvalue weighted by Crippen LogP contribution is -2.05. The van der Waals surface area contributed by atoms with Gasteiger partial charge in [0.05, 0.1) is 10.2 Å². The van der Waals surface area contributed by atoms with E-state index in [1.54, 1.807) is 0 Å². The third kappa shape index (κ3) is 0.943. The smallest absolute Gasteiger partial charge is 0.0596 e. The first-order valence-electron chi connectivity index (χ1n) is 3.25. The van der Waals surface area contributed by atoms with Crippen molar-refractivity contribution >= 4 is 15.6 Å². The van der Waals surface area contributed by atoms with Gasteiger partial charge in [-0.1, -0.05) is 0 Å². The number of H-pyrrole nitrogens is 1. The van der Waals surface area contributed by atoms with Gasteiger partial charge in [0.25, 0.3) is 0 Å². The first-order valence-corrected chi connectivity index (χ1v) is 4.25. The predicted molar refractivity (Wildman–Crippen MR) is 44.6 cm³/mol. The van der Waals surface area contributed by atoms with E-state index in [-0.39, 0.29) is 0 Å². The largest absolute Gasteiger partial charge is 0.367 e. The van der Waals surface area contributed by atoms with E-state index >= 15 is 0 Å². The standard InChI is InChI=1S/C7H13NSi/c1-4-5(2)7(9)8-6(4)3/h8H,1-3,9H3. The van der Waals surface area contributed by atoms with Gasteiger partial charge < -0.3 is 4.98 Å². The molecule has 0 aliphatic rings. The second-order valence-corrected chi connectivity index (χ2v) is 3.62. The number of nitrogens with one attached hydrogen (secondary N) is 1. The number of aromatic nitrogens is 1. The van der Waals surface area contributed by atoms with Crippen LogP contribution in [0.1, 0.15) is 16.8 Å². The average molecular weight is 139 g/mol. The summed E-state index contributed by atoms with van der Waals surface area (Å²) in [5.41, 5.74) is 4.22. The van der Waals surface area contributed by atoms with Crippen LogP contribution in [0, 0.1) is 20.8 Å². The van der Waals surface area contributed by atoms with Gasteiger partial charge >= 0.3 is 0 Å². The summed E-state index contributed by atoms with van der Waals surface area (Å²) in [4.78, 5) is 3.34. The number of aryl methyl sites for hydroxylation is 1. The Morgan fingerprint density at radius 1 is 1.11 bits per heavy atom. The predicted octanol–water partition coefficient (Wildman–Crippen LogP) is -0.0693. The molecule has 0 bridgehead atoms. The van der Waals surface area contributed by atoms with E-state index in [1.165, 1.54) is 22.1 Å². The van der Waals surface area contributed by atoms with Crippen molar-refractivity contribution in [2.75, 3.05) is 0 Å². The van der Waals surface area contributed by atoms with Gasteiger partial charge in [-0.2, -0.15) is 0 Å². The van der Waals surface area contributed by atoms with Crippen LogP contribution in [-0.2, 0) is 0 Å². The molecular weight excluding hydrogens is 126 g/mol. The molecule has 0 amide bonds. The van der Waals surface area contributed by atoms with Gasteiger partial charge in [-0.15, -0.1) is 0 Å². The van der Waals surface area contributed by atoms with Gasteiger partial charge in [-0.25, -0.2) is 0 Å². The number of hydrogen-bond donors (Lipinski definition) is 1. The quantitative estimate of drug-likeness (QED) is 0.484. The Balaban J connectivity index is 3.29. The molecule has 50 valence electrons. The Labute approximate surface area is 58.9 Å². The van der Waals surface area contributed by atoms with Crippen molar-refractivity contribution in [3.8, 4) is 0 Å². The van der Waals surface area contributed by atoms with Gasteiger partial charge in [0.1, 0.15) is 0 Å². The lowest BCUT2D eigenvalue weighted by molar-refractivity contribution is 1.24. The molecule has 9 heavy (non-hydrogen) atoms. The van der Waals surface area contributed by atoms with Crippen LogP contribution in [0.15, 0.2) is 0 Å². The Hall–Kier alpha value is -0.503. The molecular formula is C7H13NSi. The van der Waals surface area contributed by atoms with Gasteiger partial charge in [0.2, 0.25) is 0 Å². The molecule has 0 radical (unpaired) electrons. The van der Waals surface area contributed by atoms with E-state index in [1.807, 2.05) is 0 Å². The maximum atomic E-state index is 3.34. The van der Waals surface area contributed by atoms with Gasteiger partial charge in [-0.3, -0.25) is 0 Å². The monoisotopic (exact) mass is 139 g/mol. The highest BCUT2D eigenvalue weighted by Crippen LogP contribution is 2.05. The Morgan fingerprint density at radius 3 is 1.78 bits per heavy atom. The molecule has 0 unspecified atom stereocenters. The third-order valence-corrected chi connectivity index (χ3v) is 3.06. The fourth-order valence-corrected chi connectivity index (χ4v) is 1.78. The van der Waals surface area contributed by atoms with E-state index in [4.69, 9.17) is 0 Å². The van der Waals surface area contributed by atoms with E-state index in [0.29, 0.717) is 0 Å². The second kappa shape index (κ2) is 2.03. The van der Waals surface area contributed by atoms with Crippen LogP contribution in [0.25, 0.3) is 0 Å². The van der Waals surface area contributed by atoms with E-state index in [0.717, 1.165) is 10.2 Å². The lowest BCUT2D eigenvalue weighted by atomic mass is 10.2. The highest BCUT2D eigenvalue weighted by Gasteiger charge is 2.00. The minimum atomic E-state index is 1.14. The highest BCUT2D eigenvalue weighted by atomic mass is 28.1. The maximum absolute atomic E-state index is 3.34. The highest BCUT2D eigenvalue weighted by molar-refractivity contribution is 6.31. The van der Waals surface area contributed by atoms with Crippen molar-refractivity contribution in [3.05, 3.63) is 16.8 Å².